The minimum Gasteiger partial charge on any atom is -0.508 e. The summed E-state index contributed by atoms with van der Waals surface area (Å²) >= 11 is 0. The van der Waals surface area contributed by atoms with Gasteiger partial charge in [0.25, 0.3) is 0 Å². The second-order valence-corrected chi connectivity index (χ2v) is 14.4. The van der Waals surface area contributed by atoms with Gasteiger partial charge in [0.05, 0.1) is 61.5 Å². The van der Waals surface area contributed by atoms with Gasteiger partial charge in [-0.2, -0.15) is 0 Å². The third-order valence-corrected chi connectivity index (χ3v) is 11.9. The topological polar surface area (TPSA) is 120 Å². The molecule has 4 saturated heterocycles. The van der Waals surface area contributed by atoms with Gasteiger partial charge in [0.2, 0.25) is 23.6 Å². The van der Waals surface area contributed by atoms with Gasteiger partial charge in [-0.05, 0) is 85.0 Å². The number of ether oxygens (including phenoxy) is 2. The van der Waals surface area contributed by atoms with Gasteiger partial charge in [-0.3, -0.25) is 29.0 Å². The summed E-state index contributed by atoms with van der Waals surface area (Å²) in [7, 11) is 0. The molecule has 6 unspecified atom stereocenters. The highest BCUT2D eigenvalue weighted by molar-refractivity contribution is 6.24. The largest absolute Gasteiger partial charge is 0.508 e. The highest BCUT2D eigenvalue weighted by Gasteiger charge is 2.62. The molecule has 2 aliphatic carbocycles. The van der Waals surface area contributed by atoms with Crippen molar-refractivity contribution in [1.82, 2.24) is 0 Å². The lowest BCUT2D eigenvalue weighted by Gasteiger charge is -2.44. The standard InChI is InChI=1S/C40H40N4O7/c45-29-11-1-24(2-12-29)34-30-13-14-31-35(39(48)43(37(31)46)27-7-3-25(4-8-27)41-15-19-50-20-16-41)32(30)23-33-36(34)40(49)44(38(33)47)28-9-5-26(6-10-28)42-17-21-51-22-18-42/h1-13,31-36,45H,14-23H2. The van der Waals surface area contributed by atoms with Crippen LogP contribution in [0.3, 0.4) is 0 Å². The van der Waals surface area contributed by atoms with E-state index >= 15 is 0 Å². The molecular weight excluding hydrogens is 648 g/mol. The first-order valence-corrected chi connectivity index (χ1v) is 18.0. The number of carbonyl (C=O) groups is 4. The number of phenolic OH excluding ortho intramolecular Hbond substituents is 1. The van der Waals surface area contributed by atoms with Crippen molar-refractivity contribution in [3.63, 3.8) is 0 Å². The van der Waals surface area contributed by atoms with E-state index in [1.807, 2.05) is 54.6 Å². The second kappa shape index (κ2) is 12.6. The average molecular weight is 689 g/mol. The number of morpholine rings is 2. The first-order valence-electron chi connectivity index (χ1n) is 18.0. The molecule has 11 heteroatoms. The van der Waals surface area contributed by atoms with Crippen LogP contribution in [0.2, 0.25) is 0 Å². The van der Waals surface area contributed by atoms with Gasteiger partial charge in [-0.25, -0.2) is 0 Å². The molecule has 9 rings (SSSR count). The Hall–Kier alpha value is -5.00. The monoisotopic (exact) mass is 688 g/mol. The molecule has 0 aromatic heterocycles. The quantitative estimate of drug-likeness (QED) is 0.312. The Kier molecular flexibility index (Phi) is 7.92. The number of fused-ring (bicyclic) bond motifs is 4. The second-order valence-electron chi connectivity index (χ2n) is 14.4. The van der Waals surface area contributed by atoms with E-state index in [9.17, 15) is 24.3 Å². The maximum Gasteiger partial charge on any atom is 0.238 e. The molecule has 0 spiro atoms. The minimum absolute atomic E-state index is 0.100. The molecule has 3 aromatic rings. The summed E-state index contributed by atoms with van der Waals surface area (Å²) in [5, 5.41) is 10.1. The van der Waals surface area contributed by atoms with Crippen LogP contribution in [0, 0.1) is 29.6 Å². The third-order valence-electron chi connectivity index (χ3n) is 11.9. The van der Waals surface area contributed by atoms with Gasteiger partial charge in [0.15, 0.2) is 0 Å². The summed E-state index contributed by atoms with van der Waals surface area (Å²) in [4.78, 5) is 64.3. The van der Waals surface area contributed by atoms with E-state index in [-0.39, 0.29) is 29.4 Å². The lowest BCUT2D eigenvalue weighted by atomic mass is 9.57. The van der Waals surface area contributed by atoms with Crippen molar-refractivity contribution in [1.29, 1.82) is 0 Å². The number of hydrogen-bond acceptors (Lipinski definition) is 9. The summed E-state index contributed by atoms with van der Waals surface area (Å²) in [5.41, 5.74) is 4.82. The van der Waals surface area contributed by atoms with Crippen LogP contribution >= 0.6 is 0 Å². The predicted molar refractivity (Wildman–Crippen MR) is 190 cm³/mol. The number of benzene rings is 3. The zero-order valence-corrected chi connectivity index (χ0v) is 28.2. The number of hydrogen-bond donors (Lipinski definition) is 1. The molecule has 262 valence electrons. The molecule has 0 bridgehead atoms. The van der Waals surface area contributed by atoms with Crippen molar-refractivity contribution < 1.29 is 33.8 Å². The van der Waals surface area contributed by atoms with E-state index in [0.29, 0.717) is 50.6 Å². The Bertz CT molecular complexity index is 1900. The first-order chi connectivity index (χ1) is 24.9. The van der Waals surface area contributed by atoms with Gasteiger partial charge < -0.3 is 24.4 Å². The van der Waals surface area contributed by atoms with E-state index in [1.165, 1.54) is 9.80 Å². The maximum absolute atomic E-state index is 14.4. The fraction of sp³-hybridized carbons (Fsp3) is 0.400. The molecular formula is C40H40N4O7. The molecule has 4 heterocycles. The SMILES string of the molecule is O=C1C2CC=C3C(CC4C(=O)N(c5ccc(N6CCOCC6)cc5)C(=O)C4C3c3ccc(O)cc3)C2C(=O)N1c1ccc(N2CCOCC2)cc1. The molecule has 3 aromatic carbocycles. The van der Waals surface area contributed by atoms with Crippen molar-refractivity contribution >= 4 is 46.4 Å². The Balaban J connectivity index is 1.04. The highest BCUT2D eigenvalue weighted by Crippen LogP contribution is 2.58. The highest BCUT2D eigenvalue weighted by atomic mass is 16.5. The van der Waals surface area contributed by atoms with Crippen LogP contribution in [-0.4, -0.2) is 81.3 Å². The van der Waals surface area contributed by atoms with Gasteiger partial charge >= 0.3 is 0 Å². The molecule has 0 radical (unpaired) electrons. The normalized spacial score (nSPS) is 29.2. The van der Waals surface area contributed by atoms with Crippen LogP contribution in [0.4, 0.5) is 22.7 Å². The summed E-state index contributed by atoms with van der Waals surface area (Å²) < 4.78 is 11.0. The summed E-state index contributed by atoms with van der Waals surface area (Å²) in [6, 6.07) is 21.9. The Morgan fingerprint density at radius 3 is 1.53 bits per heavy atom. The van der Waals surface area contributed by atoms with Crippen molar-refractivity contribution in [2.24, 2.45) is 29.6 Å². The van der Waals surface area contributed by atoms with Crippen LogP contribution in [0.15, 0.2) is 84.4 Å². The fourth-order valence-corrected chi connectivity index (χ4v) is 9.42. The van der Waals surface area contributed by atoms with Crippen LogP contribution in [0.25, 0.3) is 0 Å². The lowest BCUT2D eigenvalue weighted by Crippen LogP contribution is -2.43. The molecule has 51 heavy (non-hydrogen) atoms. The van der Waals surface area contributed by atoms with E-state index in [2.05, 4.69) is 9.80 Å². The minimum atomic E-state index is -0.670. The number of amides is 4. The number of nitrogens with zero attached hydrogens (tertiary/aromatic N) is 4. The molecule has 11 nitrogen and oxygen atoms in total. The summed E-state index contributed by atoms with van der Waals surface area (Å²) in [6.07, 6.45) is 2.74. The average Bonchev–Trinajstić information content (AvgIpc) is 3.58. The van der Waals surface area contributed by atoms with E-state index in [4.69, 9.17) is 9.47 Å². The van der Waals surface area contributed by atoms with Gasteiger partial charge in [-0.1, -0.05) is 23.8 Å². The van der Waals surface area contributed by atoms with Crippen LogP contribution in [0.5, 0.6) is 5.75 Å². The third kappa shape index (κ3) is 5.24. The smallest absolute Gasteiger partial charge is 0.238 e. The van der Waals surface area contributed by atoms with Gasteiger partial charge in [0.1, 0.15) is 5.75 Å². The molecule has 6 aliphatic rings. The molecule has 4 aliphatic heterocycles. The molecule has 6 atom stereocenters. The van der Waals surface area contributed by atoms with Crippen molar-refractivity contribution in [2.45, 2.75) is 18.8 Å². The number of allylic oxidation sites excluding steroid dienone is 2. The Labute approximate surface area is 296 Å². The van der Waals surface area contributed by atoms with Crippen LogP contribution in [0.1, 0.15) is 24.3 Å². The summed E-state index contributed by atoms with van der Waals surface area (Å²) in [5.74, 6) is -4.30. The number of rotatable bonds is 5. The first kappa shape index (κ1) is 31.9. The zero-order chi connectivity index (χ0) is 34.8. The number of phenols is 1. The fourth-order valence-electron chi connectivity index (χ4n) is 9.42. The van der Waals surface area contributed by atoms with Crippen molar-refractivity contribution in [3.8, 4) is 5.75 Å². The molecule has 4 amide bonds. The number of imide groups is 2. The molecule has 1 saturated carbocycles. The predicted octanol–water partition coefficient (Wildman–Crippen LogP) is 4.11. The van der Waals surface area contributed by atoms with Crippen LogP contribution in [-0.2, 0) is 28.7 Å². The summed E-state index contributed by atoms with van der Waals surface area (Å²) in [6.45, 7) is 5.73. The number of carbonyl (C=O) groups excluding carboxylic acids is 4. The van der Waals surface area contributed by atoms with Crippen molar-refractivity contribution in [2.75, 3.05) is 72.2 Å². The molecule has 1 N–H and O–H groups in total. The van der Waals surface area contributed by atoms with E-state index < -0.39 is 35.5 Å². The van der Waals surface area contributed by atoms with Gasteiger partial charge in [0, 0.05) is 43.5 Å². The van der Waals surface area contributed by atoms with E-state index in [0.717, 1.165) is 48.7 Å². The Morgan fingerprint density at radius 1 is 0.529 bits per heavy atom. The zero-order valence-electron chi connectivity index (χ0n) is 28.2. The van der Waals surface area contributed by atoms with E-state index in [1.54, 1.807) is 24.3 Å². The number of anilines is 4. The van der Waals surface area contributed by atoms with Crippen molar-refractivity contribution in [3.05, 3.63) is 90.0 Å². The van der Waals surface area contributed by atoms with Crippen LogP contribution < -0.4 is 19.6 Å². The molecule has 5 fully saturated rings. The Morgan fingerprint density at radius 2 is 1.00 bits per heavy atom. The maximum atomic E-state index is 14.4. The lowest BCUT2D eigenvalue weighted by molar-refractivity contribution is -0.126. The van der Waals surface area contributed by atoms with Gasteiger partial charge in [-0.15, -0.1) is 0 Å². The number of aromatic hydroxyl groups is 1.